The second-order valence-corrected chi connectivity index (χ2v) is 6.29. The molecule has 2 aromatic rings. The minimum Gasteiger partial charge on any atom is -0.465 e. The average Bonchev–Trinajstić information content (AvgIpc) is 3.25. The third-order valence-electron chi connectivity index (χ3n) is 4.52. The van der Waals surface area contributed by atoms with Gasteiger partial charge in [-0.25, -0.2) is 13.9 Å². The number of nitriles is 1. The molecule has 7 heteroatoms. The molecule has 1 aliphatic rings. The van der Waals surface area contributed by atoms with Crippen LogP contribution in [0.4, 0.5) is 10.2 Å². The molecule has 0 unspecified atom stereocenters. The van der Waals surface area contributed by atoms with E-state index >= 15 is 0 Å². The monoisotopic (exact) mass is 340 g/mol. The summed E-state index contributed by atoms with van der Waals surface area (Å²) in [5.41, 5.74) is 6.66. The fourth-order valence-electron chi connectivity index (χ4n) is 2.67. The summed E-state index contributed by atoms with van der Waals surface area (Å²) >= 11 is 0. The van der Waals surface area contributed by atoms with Gasteiger partial charge in [0.15, 0.2) is 0 Å². The Kier molecular flexibility index (Phi) is 3.84. The van der Waals surface area contributed by atoms with Crippen LogP contribution in [0.1, 0.15) is 30.9 Å². The maximum Gasteiger partial charge on any atom is 0.337 e. The van der Waals surface area contributed by atoms with Crippen molar-refractivity contribution < 1.29 is 13.9 Å². The highest BCUT2D eigenvalue weighted by Crippen LogP contribution is 2.45. The number of rotatable bonds is 4. The van der Waals surface area contributed by atoms with E-state index in [-0.39, 0.29) is 33.8 Å². The van der Waals surface area contributed by atoms with Crippen molar-refractivity contribution >= 4 is 17.4 Å². The molecule has 0 saturated heterocycles. The van der Waals surface area contributed by atoms with Crippen LogP contribution in [0.5, 0.6) is 0 Å². The minimum atomic E-state index is -0.639. The molecule has 1 aromatic heterocycles. The van der Waals surface area contributed by atoms with Gasteiger partial charge in [-0.2, -0.15) is 10.4 Å². The number of benzene rings is 1. The highest BCUT2D eigenvalue weighted by Gasteiger charge is 2.43. The number of hydrogen-bond acceptors (Lipinski definition) is 5. The predicted molar refractivity (Wildman–Crippen MR) is 90.7 cm³/mol. The molecule has 6 nitrogen and oxygen atoms in total. The quantitative estimate of drug-likeness (QED) is 0.682. The van der Waals surface area contributed by atoms with E-state index in [0.717, 1.165) is 12.8 Å². The lowest BCUT2D eigenvalue weighted by atomic mass is 10.0. The number of nitrogens with two attached hydrogens (primary N) is 1. The zero-order valence-corrected chi connectivity index (χ0v) is 14.0. The van der Waals surface area contributed by atoms with Crippen molar-refractivity contribution in [1.82, 2.24) is 9.78 Å². The van der Waals surface area contributed by atoms with Gasteiger partial charge in [0.1, 0.15) is 29.0 Å². The van der Waals surface area contributed by atoms with E-state index in [4.69, 9.17) is 5.73 Å². The van der Waals surface area contributed by atoms with Gasteiger partial charge in [-0.05, 0) is 37.5 Å². The molecule has 1 aromatic carbocycles. The van der Waals surface area contributed by atoms with Gasteiger partial charge in [-0.15, -0.1) is 0 Å². The molecule has 0 radical (unpaired) electrons. The molecule has 2 N–H and O–H groups in total. The summed E-state index contributed by atoms with van der Waals surface area (Å²) < 4.78 is 20.8. The second kappa shape index (κ2) is 5.74. The molecule has 128 valence electrons. The third-order valence-corrected chi connectivity index (χ3v) is 4.52. The van der Waals surface area contributed by atoms with Crippen LogP contribution in [0.3, 0.4) is 0 Å². The predicted octanol–water partition coefficient (Wildman–Crippen LogP) is 2.84. The van der Waals surface area contributed by atoms with E-state index in [9.17, 15) is 14.4 Å². The fraction of sp³-hybridized carbons (Fsp3) is 0.278. The Labute approximate surface area is 144 Å². The van der Waals surface area contributed by atoms with Crippen molar-refractivity contribution in [3.05, 3.63) is 41.7 Å². The molecule has 1 aliphatic carbocycles. The van der Waals surface area contributed by atoms with Gasteiger partial charge in [0.2, 0.25) is 0 Å². The Morgan fingerprint density at radius 2 is 2.20 bits per heavy atom. The van der Waals surface area contributed by atoms with E-state index in [0.29, 0.717) is 5.56 Å². The zero-order chi connectivity index (χ0) is 18.4. The van der Waals surface area contributed by atoms with Crippen molar-refractivity contribution in [3.8, 4) is 17.3 Å². The summed E-state index contributed by atoms with van der Waals surface area (Å²) in [6.45, 7) is 5.59. The number of carbonyl (C=O) groups is 1. The number of anilines is 1. The summed E-state index contributed by atoms with van der Waals surface area (Å²) in [4.78, 5) is 11.5. The highest BCUT2D eigenvalue weighted by atomic mass is 19.1. The van der Waals surface area contributed by atoms with E-state index < -0.39 is 11.8 Å². The summed E-state index contributed by atoms with van der Waals surface area (Å²) in [5.74, 6) is -1.02. The van der Waals surface area contributed by atoms with Crippen molar-refractivity contribution in [2.24, 2.45) is 0 Å². The molecular weight excluding hydrogens is 323 g/mol. The molecule has 0 spiro atoms. The van der Waals surface area contributed by atoms with Gasteiger partial charge in [-0.3, -0.25) is 0 Å². The van der Waals surface area contributed by atoms with Crippen molar-refractivity contribution in [2.45, 2.75) is 25.3 Å². The normalized spacial score (nSPS) is 14.6. The topological polar surface area (TPSA) is 93.9 Å². The Morgan fingerprint density at radius 3 is 2.72 bits per heavy atom. The van der Waals surface area contributed by atoms with Crippen LogP contribution in [-0.2, 0) is 15.1 Å². The van der Waals surface area contributed by atoms with Crippen LogP contribution < -0.4 is 5.73 Å². The van der Waals surface area contributed by atoms with Crippen LogP contribution in [0.2, 0.25) is 0 Å². The summed E-state index contributed by atoms with van der Waals surface area (Å²) in [5, 5.41) is 13.8. The molecule has 25 heavy (non-hydrogen) atoms. The molecule has 1 saturated carbocycles. The molecule has 0 atom stereocenters. The van der Waals surface area contributed by atoms with Crippen molar-refractivity contribution in [1.29, 1.82) is 5.26 Å². The van der Waals surface area contributed by atoms with Crippen LogP contribution >= 0.6 is 0 Å². The number of ether oxygens (including phenoxy) is 1. The first kappa shape index (κ1) is 16.7. The Hall–Kier alpha value is -3.14. The molecule has 1 heterocycles. The fourth-order valence-corrected chi connectivity index (χ4v) is 2.67. The first-order valence-electron chi connectivity index (χ1n) is 7.69. The number of carbonyl (C=O) groups excluding carboxylic acids is 1. The maximum absolute atomic E-state index is 14.6. The Balaban J connectivity index is 2.08. The van der Waals surface area contributed by atoms with Crippen molar-refractivity contribution in [3.63, 3.8) is 0 Å². The lowest BCUT2D eigenvalue weighted by Crippen LogP contribution is -2.16. The van der Waals surface area contributed by atoms with Gasteiger partial charge in [0, 0.05) is 5.56 Å². The van der Waals surface area contributed by atoms with Crippen LogP contribution in [-0.4, -0.2) is 22.9 Å². The van der Waals surface area contributed by atoms with Gasteiger partial charge in [0.05, 0.1) is 18.2 Å². The van der Waals surface area contributed by atoms with Gasteiger partial charge >= 0.3 is 5.97 Å². The van der Waals surface area contributed by atoms with Crippen LogP contribution in [0.25, 0.3) is 16.8 Å². The van der Waals surface area contributed by atoms with E-state index in [2.05, 4.69) is 16.4 Å². The van der Waals surface area contributed by atoms with E-state index in [1.54, 1.807) is 4.68 Å². The number of esters is 1. The molecule has 1 fully saturated rings. The number of hydrogen-bond donors (Lipinski definition) is 1. The first-order valence-corrected chi connectivity index (χ1v) is 7.69. The SMILES string of the molecule is C=C(C(=O)OC)c1ccc(-c2nn(C3(C)CC3)c(N)c2C#N)c(F)c1. The van der Waals surface area contributed by atoms with Gasteiger partial charge < -0.3 is 10.5 Å². The van der Waals surface area contributed by atoms with Gasteiger partial charge in [0.25, 0.3) is 0 Å². The second-order valence-electron chi connectivity index (χ2n) is 6.29. The smallest absolute Gasteiger partial charge is 0.337 e. The summed E-state index contributed by atoms with van der Waals surface area (Å²) in [6.07, 6.45) is 1.81. The largest absolute Gasteiger partial charge is 0.465 e. The molecular formula is C18H17FN4O2. The maximum atomic E-state index is 14.6. The zero-order valence-electron chi connectivity index (χ0n) is 14.0. The number of halogens is 1. The standard InChI is InChI=1S/C18H17FN4O2/c1-10(17(24)25-3)11-4-5-12(14(19)8-11)15-13(9-20)16(21)23(22-15)18(2)6-7-18/h4-5,8H,1,6-7,21H2,2-3H3. The molecule has 0 amide bonds. The van der Waals surface area contributed by atoms with Crippen LogP contribution in [0.15, 0.2) is 24.8 Å². The van der Waals surface area contributed by atoms with Gasteiger partial charge in [-0.1, -0.05) is 12.6 Å². The van der Waals surface area contributed by atoms with Crippen LogP contribution in [0, 0.1) is 17.1 Å². The van der Waals surface area contributed by atoms with Crippen molar-refractivity contribution in [2.75, 3.05) is 12.8 Å². The Morgan fingerprint density at radius 1 is 1.52 bits per heavy atom. The number of nitrogen functional groups attached to an aromatic ring is 1. The molecule has 3 rings (SSSR count). The number of nitrogens with zero attached hydrogens (tertiary/aromatic N) is 3. The number of aromatic nitrogens is 2. The third kappa shape index (κ3) is 2.66. The van der Waals surface area contributed by atoms with E-state index in [1.165, 1.54) is 25.3 Å². The average molecular weight is 340 g/mol. The summed E-state index contributed by atoms with van der Waals surface area (Å²) in [6, 6.07) is 6.17. The Bertz CT molecular complexity index is 935. The highest BCUT2D eigenvalue weighted by molar-refractivity contribution is 6.15. The lowest BCUT2D eigenvalue weighted by molar-refractivity contribution is -0.133. The van der Waals surface area contributed by atoms with E-state index in [1.807, 2.05) is 13.0 Å². The minimum absolute atomic E-state index is 0.0454. The summed E-state index contributed by atoms with van der Waals surface area (Å²) in [7, 11) is 1.23. The first-order chi connectivity index (χ1) is 11.8. The molecule has 0 bridgehead atoms. The number of methoxy groups -OCH3 is 1. The molecule has 0 aliphatic heterocycles. The lowest BCUT2D eigenvalue weighted by Gasteiger charge is -2.10.